The Labute approximate surface area is 181 Å². The number of para-hydroxylation sites is 2. The molecule has 31 heavy (non-hydrogen) atoms. The highest BCUT2D eigenvalue weighted by atomic mass is 16.6. The van der Waals surface area contributed by atoms with Crippen molar-refractivity contribution in [1.29, 1.82) is 0 Å². The molecular weight excluding hydrogens is 402 g/mol. The summed E-state index contributed by atoms with van der Waals surface area (Å²) < 4.78 is 26.9. The molecule has 1 fully saturated rings. The van der Waals surface area contributed by atoms with Crippen LogP contribution in [0.5, 0.6) is 17.2 Å². The van der Waals surface area contributed by atoms with Crippen LogP contribution in [0.4, 0.5) is 5.69 Å². The summed E-state index contributed by atoms with van der Waals surface area (Å²) in [6.45, 7) is 0.892. The number of ether oxygens (including phenoxy) is 5. The lowest BCUT2D eigenvalue weighted by Gasteiger charge is -2.23. The summed E-state index contributed by atoms with van der Waals surface area (Å²) in [5.41, 5.74) is 0.891. The lowest BCUT2D eigenvalue weighted by molar-refractivity contribution is -0.142. The maximum Gasteiger partial charge on any atom is 0.343 e. The minimum absolute atomic E-state index is 0.0635. The molecule has 0 aromatic heterocycles. The first-order valence-corrected chi connectivity index (χ1v) is 10.1. The Hall–Kier alpha value is -3.26. The van der Waals surface area contributed by atoms with Crippen LogP contribution in [0.1, 0.15) is 29.6 Å². The third-order valence-corrected chi connectivity index (χ3v) is 4.83. The second kappa shape index (κ2) is 11.2. The fraction of sp³-hybridized carbons (Fsp3) is 0.391. The van der Waals surface area contributed by atoms with Gasteiger partial charge in [0, 0.05) is 12.2 Å². The molecular formula is C23H27NO7. The van der Waals surface area contributed by atoms with Gasteiger partial charge in [-0.2, -0.15) is 0 Å². The molecule has 1 saturated heterocycles. The van der Waals surface area contributed by atoms with Crippen LogP contribution in [0, 0.1) is 0 Å². The molecule has 1 atom stereocenters. The molecule has 0 bridgehead atoms. The van der Waals surface area contributed by atoms with E-state index in [-0.39, 0.29) is 24.4 Å². The molecule has 1 aliphatic rings. The number of amides is 1. The van der Waals surface area contributed by atoms with E-state index in [1.54, 1.807) is 24.3 Å². The van der Waals surface area contributed by atoms with Gasteiger partial charge in [0.25, 0.3) is 5.91 Å². The molecule has 1 aliphatic heterocycles. The molecule has 0 saturated carbocycles. The first-order valence-electron chi connectivity index (χ1n) is 10.1. The number of methoxy groups -OCH3 is 2. The third-order valence-electron chi connectivity index (χ3n) is 4.83. The topological polar surface area (TPSA) is 92.3 Å². The molecule has 8 nitrogen and oxygen atoms in total. The Balaban J connectivity index is 1.68. The van der Waals surface area contributed by atoms with Crippen LogP contribution >= 0.6 is 0 Å². The number of nitrogens with one attached hydrogen (secondary N) is 1. The molecule has 2 aromatic carbocycles. The van der Waals surface area contributed by atoms with Gasteiger partial charge in [-0.15, -0.1) is 0 Å². The fourth-order valence-corrected chi connectivity index (χ4v) is 3.14. The Morgan fingerprint density at radius 2 is 1.87 bits per heavy atom. The number of rotatable bonds is 9. The Morgan fingerprint density at radius 1 is 1.03 bits per heavy atom. The average molecular weight is 429 g/mol. The van der Waals surface area contributed by atoms with E-state index in [1.165, 1.54) is 20.3 Å². The smallest absolute Gasteiger partial charge is 0.343 e. The zero-order chi connectivity index (χ0) is 22.1. The molecule has 0 radical (unpaired) electrons. The SMILES string of the molecule is COC(=O)COc1cc(C(=O)Nc2ccccc2OCC2CCCCO2)ccc1OC. The van der Waals surface area contributed by atoms with E-state index in [1.807, 2.05) is 12.1 Å². The largest absolute Gasteiger partial charge is 0.493 e. The third kappa shape index (κ3) is 6.36. The van der Waals surface area contributed by atoms with Crippen molar-refractivity contribution in [2.45, 2.75) is 25.4 Å². The van der Waals surface area contributed by atoms with Crippen LogP contribution in [-0.4, -0.2) is 52.0 Å². The highest BCUT2D eigenvalue weighted by Gasteiger charge is 2.17. The molecule has 8 heteroatoms. The van der Waals surface area contributed by atoms with Gasteiger partial charge in [-0.3, -0.25) is 4.79 Å². The first kappa shape index (κ1) is 22.4. The van der Waals surface area contributed by atoms with Gasteiger partial charge in [0.1, 0.15) is 12.4 Å². The monoisotopic (exact) mass is 429 g/mol. The van der Waals surface area contributed by atoms with E-state index in [0.717, 1.165) is 25.9 Å². The molecule has 166 valence electrons. The van der Waals surface area contributed by atoms with Crippen LogP contribution in [-0.2, 0) is 14.3 Å². The maximum atomic E-state index is 12.8. The van der Waals surface area contributed by atoms with E-state index < -0.39 is 5.97 Å². The summed E-state index contributed by atoms with van der Waals surface area (Å²) in [5.74, 6) is 0.345. The lowest BCUT2D eigenvalue weighted by atomic mass is 10.1. The van der Waals surface area contributed by atoms with Crippen molar-refractivity contribution in [1.82, 2.24) is 0 Å². The zero-order valence-corrected chi connectivity index (χ0v) is 17.7. The van der Waals surface area contributed by atoms with Crippen molar-refractivity contribution in [3.05, 3.63) is 48.0 Å². The van der Waals surface area contributed by atoms with Crippen LogP contribution < -0.4 is 19.5 Å². The number of carbonyl (C=O) groups is 2. The lowest BCUT2D eigenvalue weighted by Crippen LogP contribution is -2.26. The highest BCUT2D eigenvalue weighted by molar-refractivity contribution is 6.05. The number of carbonyl (C=O) groups excluding carboxylic acids is 2. The minimum Gasteiger partial charge on any atom is -0.493 e. The maximum absolute atomic E-state index is 12.8. The number of esters is 1. The van der Waals surface area contributed by atoms with Gasteiger partial charge in [-0.05, 0) is 49.6 Å². The Bertz CT molecular complexity index is 893. The standard InChI is InChI=1S/C23H27NO7/c1-27-20-11-10-16(13-21(20)31-15-22(25)28-2)23(26)24-18-8-3-4-9-19(18)30-14-17-7-5-6-12-29-17/h3-4,8-11,13,17H,5-7,12,14-15H2,1-2H3,(H,24,26). The molecule has 1 amide bonds. The molecule has 0 spiro atoms. The van der Waals surface area contributed by atoms with E-state index in [9.17, 15) is 9.59 Å². The number of anilines is 1. The Morgan fingerprint density at radius 3 is 2.61 bits per heavy atom. The summed E-state index contributed by atoms with van der Waals surface area (Å²) in [6, 6.07) is 12.0. The van der Waals surface area contributed by atoms with Gasteiger partial charge in [0.2, 0.25) is 0 Å². The van der Waals surface area contributed by atoms with Gasteiger partial charge in [0.15, 0.2) is 18.1 Å². The van der Waals surface area contributed by atoms with Gasteiger partial charge in [-0.1, -0.05) is 12.1 Å². The number of hydrogen-bond acceptors (Lipinski definition) is 7. The fourth-order valence-electron chi connectivity index (χ4n) is 3.14. The summed E-state index contributed by atoms with van der Waals surface area (Å²) in [6.07, 6.45) is 3.24. The quantitative estimate of drug-likeness (QED) is 0.611. The Kier molecular flexibility index (Phi) is 8.12. The van der Waals surface area contributed by atoms with Crippen molar-refractivity contribution < 1.29 is 33.3 Å². The summed E-state index contributed by atoms with van der Waals surface area (Å²) in [4.78, 5) is 24.2. The predicted octanol–water partition coefficient (Wildman–Crippen LogP) is 3.45. The van der Waals surface area contributed by atoms with Crippen LogP contribution in [0.25, 0.3) is 0 Å². The second-order valence-corrected chi connectivity index (χ2v) is 6.98. The summed E-state index contributed by atoms with van der Waals surface area (Å²) >= 11 is 0. The molecule has 1 unspecified atom stereocenters. The molecule has 1 N–H and O–H groups in total. The zero-order valence-electron chi connectivity index (χ0n) is 17.7. The van der Waals surface area contributed by atoms with Crippen molar-refractivity contribution in [3.63, 3.8) is 0 Å². The van der Waals surface area contributed by atoms with Gasteiger partial charge in [0.05, 0.1) is 26.0 Å². The molecule has 3 rings (SSSR count). The van der Waals surface area contributed by atoms with Crippen molar-refractivity contribution >= 4 is 17.6 Å². The van der Waals surface area contributed by atoms with Crippen molar-refractivity contribution in [2.75, 3.05) is 39.4 Å². The highest BCUT2D eigenvalue weighted by Crippen LogP contribution is 2.30. The number of hydrogen-bond donors (Lipinski definition) is 1. The summed E-state index contributed by atoms with van der Waals surface area (Å²) in [5, 5.41) is 2.86. The first-order chi connectivity index (χ1) is 15.1. The number of benzene rings is 2. The van der Waals surface area contributed by atoms with E-state index in [2.05, 4.69) is 10.1 Å². The van der Waals surface area contributed by atoms with Crippen LogP contribution in [0.2, 0.25) is 0 Å². The van der Waals surface area contributed by atoms with Gasteiger partial charge >= 0.3 is 5.97 Å². The molecule has 1 heterocycles. The van der Waals surface area contributed by atoms with Crippen LogP contribution in [0.15, 0.2) is 42.5 Å². The predicted molar refractivity (Wildman–Crippen MR) is 114 cm³/mol. The van der Waals surface area contributed by atoms with E-state index >= 15 is 0 Å². The summed E-state index contributed by atoms with van der Waals surface area (Å²) in [7, 11) is 2.75. The van der Waals surface area contributed by atoms with Gasteiger partial charge < -0.3 is 29.0 Å². The minimum atomic E-state index is -0.537. The average Bonchev–Trinajstić information content (AvgIpc) is 2.82. The van der Waals surface area contributed by atoms with Gasteiger partial charge in [-0.25, -0.2) is 4.79 Å². The normalized spacial score (nSPS) is 15.6. The second-order valence-electron chi connectivity index (χ2n) is 6.98. The van der Waals surface area contributed by atoms with Crippen molar-refractivity contribution in [2.24, 2.45) is 0 Å². The molecule has 0 aliphatic carbocycles. The van der Waals surface area contributed by atoms with Crippen LogP contribution in [0.3, 0.4) is 0 Å². The van der Waals surface area contributed by atoms with E-state index in [4.69, 9.17) is 18.9 Å². The van der Waals surface area contributed by atoms with E-state index in [0.29, 0.717) is 29.4 Å². The molecule has 2 aromatic rings. The van der Waals surface area contributed by atoms with Crippen molar-refractivity contribution in [3.8, 4) is 17.2 Å².